The topological polar surface area (TPSA) is 72.7 Å². The smallest absolute Gasteiger partial charge is 0.338 e. The van der Waals surface area contributed by atoms with Gasteiger partial charge in [0.1, 0.15) is 11.3 Å². The van der Waals surface area contributed by atoms with Crippen molar-refractivity contribution in [2.45, 2.75) is 33.1 Å². The van der Waals surface area contributed by atoms with Crippen molar-refractivity contribution in [3.05, 3.63) is 65.6 Å². The number of hydrogen-bond acceptors (Lipinski definition) is 4. The van der Waals surface area contributed by atoms with Crippen LogP contribution < -0.4 is 5.32 Å². The predicted octanol–water partition coefficient (Wildman–Crippen LogP) is 4.11. The van der Waals surface area contributed by atoms with Gasteiger partial charge in [-0.05, 0) is 49.2 Å². The van der Waals surface area contributed by atoms with Gasteiger partial charge in [0.25, 0.3) is 5.91 Å². The fourth-order valence-corrected chi connectivity index (χ4v) is 2.85. The van der Waals surface area contributed by atoms with Crippen molar-refractivity contribution in [3.8, 4) is 0 Å². The zero-order valence-corrected chi connectivity index (χ0v) is 15.6. The Morgan fingerprint density at radius 2 is 1.85 bits per heavy atom. The minimum absolute atomic E-state index is 0.224. The molecule has 2 heterocycles. The van der Waals surface area contributed by atoms with Crippen molar-refractivity contribution in [1.29, 1.82) is 0 Å². The van der Waals surface area contributed by atoms with E-state index in [4.69, 9.17) is 4.74 Å². The third-order valence-electron chi connectivity index (χ3n) is 4.12. The number of esters is 1. The number of nitrogens with one attached hydrogen (secondary N) is 1. The molecule has 1 amide bonds. The largest absolute Gasteiger partial charge is 0.462 e. The molecule has 0 atom stereocenters. The van der Waals surface area contributed by atoms with E-state index in [1.54, 1.807) is 28.7 Å². The van der Waals surface area contributed by atoms with E-state index < -0.39 is 0 Å². The first-order valence-electron chi connectivity index (χ1n) is 9.18. The Kier molecular flexibility index (Phi) is 5.86. The van der Waals surface area contributed by atoms with E-state index in [1.165, 1.54) is 0 Å². The summed E-state index contributed by atoms with van der Waals surface area (Å²) in [5, 5.41) is 2.89. The standard InChI is InChI=1S/C21H23N3O3/c1-3-7-17-19(24-13-6-5-8-18(24)23-17)20(25)22-16-11-9-15(10-12-16)21(26)27-14-4-2/h5-6,8-13H,3-4,7,14H2,1-2H3,(H,22,25). The lowest BCUT2D eigenvalue weighted by atomic mass is 10.2. The molecule has 0 unspecified atom stereocenters. The molecule has 6 heteroatoms. The Labute approximate surface area is 158 Å². The molecule has 0 aliphatic heterocycles. The summed E-state index contributed by atoms with van der Waals surface area (Å²) in [6.07, 6.45) is 4.24. The maximum Gasteiger partial charge on any atom is 0.338 e. The first-order valence-corrected chi connectivity index (χ1v) is 9.18. The molecule has 1 N–H and O–H groups in total. The number of carbonyl (C=O) groups excluding carboxylic acids is 2. The highest BCUT2D eigenvalue weighted by Gasteiger charge is 2.19. The van der Waals surface area contributed by atoms with Crippen LogP contribution in [-0.4, -0.2) is 27.9 Å². The number of aromatic nitrogens is 2. The highest BCUT2D eigenvalue weighted by molar-refractivity contribution is 6.04. The van der Waals surface area contributed by atoms with Crippen LogP contribution >= 0.6 is 0 Å². The molecule has 0 radical (unpaired) electrons. The van der Waals surface area contributed by atoms with Crippen LogP contribution in [-0.2, 0) is 11.2 Å². The van der Waals surface area contributed by atoms with Crippen molar-refractivity contribution in [3.63, 3.8) is 0 Å². The normalized spacial score (nSPS) is 10.7. The third kappa shape index (κ3) is 4.16. The molecule has 0 saturated carbocycles. The number of anilines is 1. The number of hydrogen-bond donors (Lipinski definition) is 1. The molecule has 2 aromatic heterocycles. The summed E-state index contributed by atoms with van der Waals surface area (Å²) in [6, 6.07) is 12.3. The summed E-state index contributed by atoms with van der Waals surface area (Å²) >= 11 is 0. The van der Waals surface area contributed by atoms with Crippen LogP contribution in [0.1, 0.15) is 53.2 Å². The van der Waals surface area contributed by atoms with Crippen LogP contribution in [0.15, 0.2) is 48.7 Å². The minimum Gasteiger partial charge on any atom is -0.462 e. The lowest BCUT2D eigenvalue weighted by molar-refractivity contribution is 0.0505. The molecule has 3 aromatic rings. The highest BCUT2D eigenvalue weighted by Crippen LogP contribution is 2.17. The molecular formula is C21H23N3O3. The molecule has 1 aromatic carbocycles. The number of nitrogens with zero attached hydrogens (tertiary/aromatic N) is 2. The summed E-state index contributed by atoms with van der Waals surface area (Å²) in [5.74, 6) is -0.583. The molecule has 0 aliphatic carbocycles. The Morgan fingerprint density at radius 3 is 2.56 bits per heavy atom. The third-order valence-corrected chi connectivity index (χ3v) is 4.12. The Bertz CT molecular complexity index is 945. The molecule has 6 nitrogen and oxygen atoms in total. The second kappa shape index (κ2) is 8.49. The van der Waals surface area contributed by atoms with Crippen molar-refractivity contribution in [2.24, 2.45) is 0 Å². The van der Waals surface area contributed by atoms with Gasteiger partial charge in [-0.25, -0.2) is 9.78 Å². The van der Waals surface area contributed by atoms with Gasteiger partial charge in [0, 0.05) is 11.9 Å². The van der Waals surface area contributed by atoms with Gasteiger partial charge in [-0.15, -0.1) is 0 Å². The van der Waals surface area contributed by atoms with Crippen molar-refractivity contribution in [2.75, 3.05) is 11.9 Å². The molecule has 0 aliphatic rings. The van der Waals surface area contributed by atoms with E-state index in [0.29, 0.717) is 23.6 Å². The lowest BCUT2D eigenvalue weighted by Crippen LogP contribution is -2.16. The van der Waals surface area contributed by atoms with Gasteiger partial charge >= 0.3 is 5.97 Å². The Morgan fingerprint density at radius 1 is 1.07 bits per heavy atom. The second-order valence-electron chi connectivity index (χ2n) is 6.25. The van der Waals surface area contributed by atoms with Crippen LogP contribution in [0.5, 0.6) is 0 Å². The number of rotatable bonds is 7. The summed E-state index contributed by atoms with van der Waals surface area (Å²) in [7, 11) is 0. The van der Waals surface area contributed by atoms with Crippen molar-refractivity contribution < 1.29 is 14.3 Å². The number of ether oxygens (including phenoxy) is 1. The molecule has 0 bridgehead atoms. The van der Waals surface area contributed by atoms with Crippen molar-refractivity contribution >= 4 is 23.2 Å². The average Bonchev–Trinajstić information content (AvgIpc) is 3.05. The van der Waals surface area contributed by atoms with E-state index in [-0.39, 0.29) is 11.9 Å². The van der Waals surface area contributed by atoms with Gasteiger partial charge in [0.2, 0.25) is 0 Å². The van der Waals surface area contributed by atoms with Crippen LogP contribution in [0.4, 0.5) is 5.69 Å². The summed E-state index contributed by atoms with van der Waals surface area (Å²) in [4.78, 5) is 29.3. The van der Waals surface area contributed by atoms with E-state index >= 15 is 0 Å². The van der Waals surface area contributed by atoms with E-state index in [9.17, 15) is 9.59 Å². The molecule has 0 saturated heterocycles. The number of carbonyl (C=O) groups is 2. The lowest BCUT2D eigenvalue weighted by Gasteiger charge is -2.08. The van der Waals surface area contributed by atoms with Crippen LogP contribution in [0, 0.1) is 0 Å². The predicted molar refractivity (Wildman–Crippen MR) is 104 cm³/mol. The molecule has 0 spiro atoms. The number of aryl methyl sites for hydroxylation is 1. The molecule has 3 rings (SSSR count). The van der Waals surface area contributed by atoms with E-state index in [1.807, 2.05) is 31.3 Å². The molecule has 27 heavy (non-hydrogen) atoms. The van der Waals surface area contributed by atoms with Crippen LogP contribution in [0.3, 0.4) is 0 Å². The van der Waals surface area contributed by atoms with Gasteiger partial charge in [-0.1, -0.05) is 26.3 Å². The monoisotopic (exact) mass is 365 g/mol. The average molecular weight is 365 g/mol. The van der Waals surface area contributed by atoms with Crippen LogP contribution in [0.25, 0.3) is 5.65 Å². The van der Waals surface area contributed by atoms with Gasteiger partial charge in [0.05, 0.1) is 17.9 Å². The minimum atomic E-state index is -0.359. The van der Waals surface area contributed by atoms with E-state index in [0.717, 1.165) is 30.6 Å². The quantitative estimate of drug-likeness (QED) is 0.640. The van der Waals surface area contributed by atoms with E-state index in [2.05, 4.69) is 17.2 Å². The maximum absolute atomic E-state index is 12.9. The van der Waals surface area contributed by atoms with Gasteiger partial charge in [-0.2, -0.15) is 0 Å². The maximum atomic E-state index is 12.9. The Balaban J connectivity index is 1.80. The molecule has 0 fully saturated rings. The second-order valence-corrected chi connectivity index (χ2v) is 6.25. The summed E-state index contributed by atoms with van der Waals surface area (Å²) in [5.41, 5.74) is 3.14. The summed E-state index contributed by atoms with van der Waals surface area (Å²) < 4.78 is 6.91. The zero-order chi connectivity index (χ0) is 19.2. The van der Waals surface area contributed by atoms with Crippen molar-refractivity contribution in [1.82, 2.24) is 9.38 Å². The first-order chi connectivity index (χ1) is 13.1. The van der Waals surface area contributed by atoms with Gasteiger partial charge < -0.3 is 10.1 Å². The fourth-order valence-electron chi connectivity index (χ4n) is 2.85. The number of pyridine rings is 1. The molecule has 140 valence electrons. The number of imidazole rings is 1. The van der Waals surface area contributed by atoms with Gasteiger partial charge in [0.15, 0.2) is 0 Å². The number of fused-ring (bicyclic) bond motifs is 1. The number of benzene rings is 1. The molecular weight excluding hydrogens is 342 g/mol. The fraction of sp³-hybridized carbons (Fsp3) is 0.286. The summed E-state index contributed by atoms with van der Waals surface area (Å²) in [6.45, 7) is 4.40. The highest BCUT2D eigenvalue weighted by atomic mass is 16.5. The Hall–Kier alpha value is -3.15. The first kappa shape index (κ1) is 18.6. The SMILES string of the molecule is CCCOC(=O)c1ccc(NC(=O)c2c(CCC)nc3ccccn23)cc1. The number of amides is 1. The van der Waals surface area contributed by atoms with Crippen LogP contribution in [0.2, 0.25) is 0 Å². The van der Waals surface area contributed by atoms with Gasteiger partial charge in [-0.3, -0.25) is 9.20 Å². The zero-order valence-electron chi connectivity index (χ0n) is 15.6.